The van der Waals surface area contributed by atoms with Gasteiger partial charge in [-0.15, -0.1) is 0 Å². The van der Waals surface area contributed by atoms with Gasteiger partial charge >= 0.3 is 12.0 Å². The minimum Gasteiger partial charge on any atom is -0.477 e. The van der Waals surface area contributed by atoms with Crippen LogP contribution >= 0.6 is 0 Å². The molecule has 2 N–H and O–H groups in total. The molecule has 9 heteroatoms. The predicted octanol–water partition coefficient (Wildman–Crippen LogP) is 1.64. The summed E-state index contributed by atoms with van der Waals surface area (Å²) in [6.07, 6.45) is 3.17. The summed E-state index contributed by atoms with van der Waals surface area (Å²) in [7, 11) is 1.57. The van der Waals surface area contributed by atoms with Crippen LogP contribution in [0.1, 0.15) is 29.2 Å². The Bertz CT molecular complexity index is 1020. The van der Waals surface area contributed by atoms with E-state index in [-0.39, 0.29) is 23.0 Å². The summed E-state index contributed by atoms with van der Waals surface area (Å²) in [5.74, 6) is -1.88. The molecule has 1 aliphatic heterocycles. The van der Waals surface area contributed by atoms with Crippen molar-refractivity contribution in [3.05, 3.63) is 39.9 Å². The van der Waals surface area contributed by atoms with E-state index in [0.717, 1.165) is 18.9 Å². The topological polar surface area (TPSA) is 94.9 Å². The lowest BCUT2D eigenvalue weighted by atomic mass is 10.1. The van der Waals surface area contributed by atoms with Crippen molar-refractivity contribution < 1.29 is 19.1 Å². The van der Waals surface area contributed by atoms with Crippen molar-refractivity contribution in [1.29, 1.82) is 0 Å². The normalized spacial score (nSPS) is 17.1. The number of aromatic carboxylic acids is 1. The molecule has 0 atom stereocenters. The average molecular weight is 388 g/mol. The fourth-order valence-electron chi connectivity index (χ4n) is 3.72. The molecule has 2 heterocycles. The minimum atomic E-state index is -1.31. The third-order valence-corrected chi connectivity index (χ3v) is 5.39. The average Bonchev–Trinajstić information content (AvgIpc) is 3.52. The highest BCUT2D eigenvalue weighted by molar-refractivity contribution is 5.93. The summed E-state index contributed by atoms with van der Waals surface area (Å²) in [6.45, 7) is 1.86. The summed E-state index contributed by atoms with van der Waals surface area (Å²) in [5.41, 5.74) is -0.108. The van der Waals surface area contributed by atoms with Gasteiger partial charge in [0.25, 0.3) is 0 Å². The molecule has 28 heavy (non-hydrogen) atoms. The lowest BCUT2D eigenvalue weighted by Crippen LogP contribution is -2.51. The number of carboxylic acid groups (broad SMARTS) is 1. The number of fused-ring (bicyclic) bond motifs is 1. The van der Waals surface area contributed by atoms with E-state index < -0.39 is 17.2 Å². The first-order valence-corrected chi connectivity index (χ1v) is 9.24. The van der Waals surface area contributed by atoms with Gasteiger partial charge in [0, 0.05) is 50.9 Å². The van der Waals surface area contributed by atoms with Crippen LogP contribution in [0.25, 0.3) is 10.9 Å². The number of hydrogen-bond donors (Lipinski definition) is 2. The van der Waals surface area contributed by atoms with Gasteiger partial charge in [0.1, 0.15) is 11.4 Å². The smallest absolute Gasteiger partial charge is 0.341 e. The molecule has 4 rings (SSSR count). The second-order valence-electron chi connectivity index (χ2n) is 7.17. The van der Waals surface area contributed by atoms with Crippen molar-refractivity contribution in [3.63, 3.8) is 0 Å². The van der Waals surface area contributed by atoms with E-state index >= 15 is 0 Å². The first kappa shape index (κ1) is 18.3. The number of piperazine rings is 1. The van der Waals surface area contributed by atoms with E-state index in [4.69, 9.17) is 0 Å². The number of anilines is 1. The zero-order chi connectivity index (χ0) is 20.0. The van der Waals surface area contributed by atoms with E-state index in [2.05, 4.69) is 5.32 Å². The van der Waals surface area contributed by atoms with Gasteiger partial charge in [0.2, 0.25) is 5.43 Å². The van der Waals surface area contributed by atoms with Crippen LogP contribution in [0.15, 0.2) is 23.1 Å². The number of urea groups is 1. The van der Waals surface area contributed by atoms with Gasteiger partial charge in [-0.2, -0.15) is 0 Å². The number of aromatic nitrogens is 1. The molecule has 0 unspecified atom stereocenters. The van der Waals surface area contributed by atoms with Crippen LogP contribution < -0.4 is 15.6 Å². The number of carbonyl (C=O) groups excluding carboxylic acids is 1. The van der Waals surface area contributed by atoms with Crippen LogP contribution in [0.2, 0.25) is 0 Å². The zero-order valence-corrected chi connectivity index (χ0v) is 15.4. The van der Waals surface area contributed by atoms with E-state index in [0.29, 0.717) is 37.4 Å². The van der Waals surface area contributed by atoms with Gasteiger partial charge in [0.15, 0.2) is 0 Å². The molecule has 1 aliphatic carbocycles. The molecule has 8 nitrogen and oxygen atoms in total. The maximum atomic E-state index is 14.9. The number of pyridine rings is 1. The lowest BCUT2D eigenvalue weighted by Gasteiger charge is -2.36. The highest BCUT2D eigenvalue weighted by Crippen LogP contribution is 2.38. The number of nitrogens with one attached hydrogen (secondary N) is 1. The number of benzene rings is 1. The van der Waals surface area contributed by atoms with Gasteiger partial charge in [-0.05, 0) is 25.0 Å². The maximum Gasteiger partial charge on any atom is 0.341 e. The number of carbonyl (C=O) groups is 2. The number of amides is 2. The molecular weight excluding hydrogens is 367 g/mol. The Morgan fingerprint density at radius 3 is 2.43 bits per heavy atom. The SMILES string of the molecule is CNC(=O)N1CCN(c2cc3c(cc2F)c(=O)c(C(=O)O)cn3C2CC2)CC1. The molecular formula is C19H21FN4O4. The Morgan fingerprint density at radius 2 is 1.86 bits per heavy atom. The highest BCUT2D eigenvalue weighted by atomic mass is 19.1. The van der Waals surface area contributed by atoms with Crippen LogP contribution in [0.3, 0.4) is 0 Å². The molecule has 1 aromatic carbocycles. The first-order chi connectivity index (χ1) is 13.4. The molecule has 0 spiro atoms. The minimum absolute atomic E-state index is 0.0806. The molecule has 2 fully saturated rings. The Morgan fingerprint density at radius 1 is 1.18 bits per heavy atom. The van der Waals surface area contributed by atoms with Crippen LogP contribution in [0, 0.1) is 5.82 Å². The molecule has 2 aromatic rings. The summed E-state index contributed by atoms with van der Waals surface area (Å²) in [5, 5.41) is 12.0. The fraction of sp³-hybridized carbons (Fsp3) is 0.421. The highest BCUT2D eigenvalue weighted by Gasteiger charge is 2.28. The summed E-state index contributed by atoms with van der Waals surface area (Å²) < 4.78 is 16.6. The molecule has 1 saturated heterocycles. The predicted molar refractivity (Wildman–Crippen MR) is 102 cm³/mol. The third-order valence-electron chi connectivity index (χ3n) is 5.39. The number of hydrogen-bond acceptors (Lipinski definition) is 4. The van der Waals surface area contributed by atoms with Crippen molar-refractivity contribution in [2.45, 2.75) is 18.9 Å². The zero-order valence-electron chi connectivity index (χ0n) is 15.4. The molecule has 2 aliphatic rings. The standard InChI is InChI=1S/C19H21FN4O4/c1-21-19(28)23-6-4-22(5-7-23)16-9-15-12(8-14(16)20)17(25)13(18(26)27)10-24(15)11-2-3-11/h8-11H,2-7H2,1H3,(H,21,28)(H,26,27). The molecule has 0 radical (unpaired) electrons. The van der Waals surface area contributed by atoms with E-state index in [1.807, 2.05) is 4.90 Å². The van der Waals surface area contributed by atoms with Gasteiger partial charge in [-0.1, -0.05) is 0 Å². The van der Waals surface area contributed by atoms with Crippen LogP contribution in [-0.4, -0.2) is 59.8 Å². The van der Waals surface area contributed by atoms with Crippen molar-refractivity contribution >= 4 is 28.6 Å². The summed E-state index contributed by atoms with van der Waals surface area (Å²) >= 11 is 0. The van der Waals surface area contributed by atoms with Gasteiger partial charge < -0.3 is 24.8 Å². The molecule has 0 bridgehead atoms. The quantitative estimate of drug-likeness (QED) is 0.834. The Hall–Kier alpha value is -3.10. The maximum absolute atomic E-state index is 14.9. The monoisotopic (exact) mass is 388 g/mol. The number of halogens is 1. The largest absolute Gasteiger partial charge is 0.477 e. The van der Waals surface area contributed by atoms with Crippen molar-refractivity contribution in [2.75, 3.05) is 38.1 Å². The van der Waals surface area contributed by atoms with E-state index in [1.165, 1.54) is 6.20 Å². The first-order valence-electron chi connectivity index (χ1n) is 9.24. The number of carboxylic acids is 1. The molecule has 148 valence electrons. The Kier molecular flexibility index (Phi) is 4.44. The fourth-order valence-corrected chi connectivity index (χ4v) is 3.72. The Balaban J connectivity index is 1.75. The Labute approximate surface area is 160 Å². The van der Waals surface area contributed by atoms with Crippen LogP contribution in [0.4, 0.5) is 14.9 Å². The van der Waals surface area contributed by atoms with Crippen molar-refractivity contribution in [2.24, 2.45) is 0 Å². The van der Waals surface area contributed by atoms with E-state index in [9.17, 15) is 23.9 Å². The van der Waals surface area contributed by atoms with Crippen LogP contribution in [-0.2, 0) is 0 Å². The number of rotatable bonds is 3. The molecule has 2 amide bonds. The van der Waals surface area contributed by atoms with Gasteiger partial charge in [-0.3, -0.25) is 4.79 Å². The summed E-state index contributed by atoms with van der Waals surface area (Å²) in [6, 6.07) is 2.74. The van der Waals surface area contributed by atoms with Crippen LogP contribution in [0.5, 0.6) is 0 Å². The second-order valence-corrected chi connectivity index (χ2v) is 7.17. The molecule has 1 saturated carbocycles. The van der Waals surface area contributed by atoms with E-state index in [1.54, 1.807) is 22.6 Å². The van der Waals surface area contributed by atoms with Gasteiger partial charge in [-0.25, -0.2) is 14.0 Å². The molecule has 1 aromatic heterocycles. The lowest BCUT2D eigenvalue weighted by molar-refractivity contribution is 0.0694. The number of nitrogens with zero attached hydrogens (tertiary/aromatic N) is 3. The van der Waals surface area contributed by atoms with Crippen molar-refractivity contribution in [3.8, 4) is 0 Å². The second kappa shape index (κ2) is 6.81. The van der Waals surface area contributed by atoms with Gasteiger partial charge in [0.05, 0.1) is 11.2 Å². The van der Waals surface area contributed by atoms with Crippen molar-refractivity contribution in [1.82, 2.24) is 14.8 Å². The summed E-state index contributed by atoms with van der Waals surface area (Å²) in [4.78, 5) is 39.2. The third kappa shape index (κ3) is 3.06.